The van der Waals surface area contributed by atoms with E-state index < -0.39 is 18.1 Å². The van der Waals surface area contributed by atoms with Crippen LogP contribution in [-0.4, -0.2) is 12.5 Å². The minimum absolute atomic E-state index is 0.0665. The zero-order chi connectivity index (χ0) is 8.48. The number of halogens is 2. The molecule has 0 aromatic heterocycles. The van der Waals surface area contributed by atoms with Gasteiger partial charge in [0.1, 0.15) is 0 Å². The maximum atomic E-state index is 12.5. The largest absolute Gasteiger partial charge is 0.491 e. The van der Waals surface area contributed by atoms with Crippen LogP contribution in [0.15, 0.2) is 11.3 Å². The summed E-state index contributed by atoms with van der Waals surface area (Å²) in [6.07, 6.45) is -0.473. The smallest absolute Gasteiger partial charge is 0.309 e. The van der Waals surface area contributed by atoms with Crippen molar-refractivity contribution in [3.05, 3.63) is 11.3 Å². The highest BCUT2D eigenvalue weighted by atomic mass is 19.3. The molecule has 0 unspecified atom stereocenters. The summed E-state index contributed by atoms with van der Waals surface area (Å²) in [6, 6.07) is 1.67. The van der Waals surface area contributed by atoms with Crippen molar-refractivity contribution >= 4 is 0 Å². The molecular weight excluding hydrogens is 152 g/mol. The van der Waals surface area contributed by atoms with Gasteiger partial charge < -0.3 is 4.74 Å². The van der Waals surface area contributed by atoms with Gasteiger partial charge in [0.05, 0.1) is 24.7 Å². The van der Waals surface area contributed by atoms with Gasteiger partial charge in [0, 0.05) is 0 Å². The summed E-state index contributed by atoms with van der Waals surface area (Å²) in [5.41, 5.74) is 0.0665. The second kappa shape index (κ2) is 2.50. The first-order chi connectivity index (χ1) is 5.11. The van der Waals surface area contributed by atoms with E-state index in [-0.39, 0.29) is 12.2 Å². The summed E-state index contributed by atoms with van der Waals surface area (Å²) in [5.74, 6) is -3.34. The van der Waals surface area contributed by atoms with Crippen molar-refractivity contribution in [2.75, 3.05) is 6.61 Å². The second-order valence-electron chi connectivity index (χ2n) is 2.23. The van der Waals surface area contributed by atoms with Gasteiger partial charge in [-0.25, -0.2) is 0 Å². The molecule has 0 bridgehead atoms. The molecular formula is C7H7F2NO. The number of alkyl halides is 2. The SMILES string of the molecule is CCOC1=C(C#N)CC1(F)F. The molecule has 2 nitrogen and oxygen atoms in total. The van der Waals surface area contributed by atoms with Crippen LogP contribution in [0.25, 0.3) is 0 Å². The van der Waals surface area contributed by atoms with Crippen molar-refractivity contribution < 1.29 is 13.5 Å². The van der Waals surface area contributed by atoms with Crippen LogP contribution in [0, 0.1) is 11.3 Å². The molecule has 0 atom stereocenters. The molecule has 0 aromatic carbocycles. The quantitative estimate of drug-likeness (QED) is 0.615. The highest BCUT2D eigenvalue weighted by Crippen LogP contribution is 2.43. The van der Waals surface area contributed by atoms with Crippen LogP contribution in [0.4, 0.5) is 8.78 Å². The minimum atomic E-state index is -2.90. The number of allylic oxidation sites excluding steroid dienone is 2. The Morgan fingerprint density at radius 1 is 1.73 bits per heavy atom. The van der Waals surface area contributed by atoms with E-state index in [4.69, 9.17) is 5.26 Å². The summed E-state index contributed by atoms with van der Waals surface area (Å²) in [5, 5.41) is 8.29. The average Bonchev–Trinajstić information content (AvgIpc) is 1.96. The van der Waals surface area contributed by atoms with Gasteiger partial charge in [0.15, 0.2) is 5.76 Å². The third kappa shape index (κ3) is 1.18. The van der Waals surface area contributed by atoms with Crippen LogP contribution >= 0.6 is 0 Å². The van der Waals surface area contributed by atoms with Gasteiger partial charge in [-0.3, -0.25) is 0 Å². The molecule has 1 rings (SSSR count). The average molecular weight is 159 g/mol. The molecule has 11 heavy (non-hydrogen) atoms. The van der Waals surface area contributed by atoms with E-state index in [1.807, 2.05) is 0 Å². The number of nitriles is 1. The molecule has 4 heteroatoms. The monoisotopic (exact) mass is 159 g/mol. The van der Waals surface area contributed by atoms with Gasteiger partial charge >= 0.3 is 5.92 Å². The fourth-order valence-corrected chi connectivity index (χ4v) is 0.924. The Kier molecular flexibility index (Phi) is 1.81. The number of rotatable bonds is 2. The topological polar surface area (TPSA) is 33.0 Å². The Balaban J connectivity index is 2.78. The summed E-state index contributed by atoms with van der Waals surface area (Å²) in [7, 11) is 0. The Morgan fingerprint density at radius 3 is 2.73 bits per heavy atom. The molecule has 0 radical (unpaired) electrons. The van der Waals surface area contributed by atoms with Gasteiger partial charge in [-0.1, -0.05) is 0 Å². The molecule has 0 amide bonds. The molecule has 0 spiro atoms. The number of ether oxygens (including phenoxy) is 1. The Bertz CT molecular complexity index is 239. The molecule has 0 fully saturated rings. The lowest BCUT2D eigenvalue weighted by Crippen LogP contribution is -2.32. The predicted molar refractivity (Wildman–Crippen MR) is 33.8 cm³/mol. The summed E-state index contributed by atoms with van der Waals surface area (Å²) in [6.45, 7) is 1.78. The van der Waals surface area contributed by atoms with E-state index in [0.29, 0.717) is 0 Å². The van der Waals surface area contributed by atoms with Crippen molar-refractivity contribution in [2.45, 2.75) is 19.3 Å². The van der Waals surface area contributed by atoms with Gasteiger partial charge in [0.25, 0.3) is 0 Å². The van der Waals surface area contributed by atoms with Crippen molar-refractivity contribution in [3.63, 3.8) is 0 Å². The molecule has 0 aliphatic heterocycles. The van der Waals surface area contributed by atoms with Crippen LogP contribution in [0.2, 0.25) is 0 Å². The highest BCUT2D eigenvalue weighted by molar-refractivity contribution is 5.39. The normalized spacial score (nSPS) is 20.5. The first-order valence-corrected chi connectivity index (χ1v) is 3.26. The molecule has 1 aliphatic carbocycles. The summed E-state index contributed by atoms with van der Waals surface area (Å²) < 4.78 is 29.6. The van der Waals surface area contributed by atoms with Gasteiger partial charge in [-0.15, -0.1) is 0 Å². The van der Waals surface area contributed by atoms with Crippen LogP contribution in [0.3, 0.4) is 0 Å². The lowest BCUT2D eigenvalue weighted by atomic mass is 9.93. The third-order valence-corrected chi connectivity index (χ3v) is 1.43. The first kappa shape index (κ1) is 7.99. The lowest BCUT2D eigenvalue weighted by Gasteiger charge is -2.28. The maximum absolute atomic E-state index is 12.5. The molecule has 0 aromatic rings. The molecule has 60 valence electrons. The fourth-order valence-electron chi connectivity index (χ4n) is 0.924. The van der Waals surface area contributed by atoms with E-state index in [1.54, 1.807) is 13.0 Å². The van der Waals surface area contributed by atoms with E-state index >= 15 is 0 Å². The second-order valence-corrected chi connectivity index (χ2v) is 2.23. The van der Waals surface area contributed by atoms with Gasteiger partial charge in [-0.2, -0.15) is 14.0 Å². The van der Waals surface area contributed by atoms with Crippen molar-refractivity contribution in [3.8, 4) is 6.07 Å². The van der Waals surface area contributed by atoms with Crippen LogP contribution in [0.5, 0.6) is 0 Å². The van der Waals surface area contributed by atoms with Crippen molar-refractivity contribution in [1.82, 2.24) is 0 Å². The highest BCUT2D eigenvalue weighted by Gasteiger charge is 2.48. The molecule has 1 aliphatic rings. The molecule has 0 heterocycles. The predicted octanol–water partition coefficient (Wildman–Crippen LogP) is 1.84. The van der Waals surface area contributed by atoms with Gasteiger partial charge in [0.2, 0.25) is 0 Å². The molecule has 0 N–H and O–H groups in total. The van der Waals surface area contributed by atoms with Crippen molar-refractivity contribution in [1.29, 1.82) is 5.26 Å². The Morgan fingerprint density at radius 2 is 2.36 bits per heavy atom. The minimum Gasteiger partial charge on any atom is -0.491 e. The number of nitrogens with zero attached hydrogens (tertiary/aromatic N) is 1. The zero-order valence-electron chi connectivity index (χ0n) is 6.03. The van der Waals surface area contributed by atoms with E-state index in [9.17, 15) is 8.78 Å². The summed E-state index contributed by atoms with van der Waals surface area (Å²) >= 11 is 0. The molecule has 0 saturated carbocycles. The standard InChI is InChI=1S/C7H7F2NO/c1-2-11-6-5(4-10)3-7(6,8)9/h2-3H2,1H3. The zero-order valence-corrected chi connectivity index (χ0v) is 6.03. The first-order valence-electron chi connectivity index (χ1n) is 3.26. The van der Waals surface area contributed by atoms with Crippen molar-refractivity contribution in [2.24, 2.45) is 0 Å². The van der Waals surface area contributed by atoms with E-state index in [2.05, 4.69) is 4.74 Å². The number of hydrogen-bond donors (Lipinski definition) is 0. The third-order valence-electron chi connectivity index (χ3n) is 1.43. The van der Waals surface area contributed by atoms with E-state index in [0.717, 1.165) is 0 Å². The number of hydrogen-bond acceptors (Lipinski definition) is 2. The fraction of sp³-hybridized carbons (Fsp3) is 0.571. The maximum Gasteiger partial charge on any atom is 0.309 e. The Labute approximate surface area is 63.1 Å². The van der Waals surface area contributed by atoms with Crippen LogP contribution < -0.4 is 0 Å². The van der Waals surface area contributed by atoms with E-state index in [1.165, 1.54) is 0 Å². The van der Waals surface area contributed by atoms with Gasteiger partial charge in [-0.05, 0) is 6.92 Å². The lowest BCUT2D eigenvalue weighted by molar-refractivity contribution is -0.0461. The summed E-state index contributed by atoms with van der Waals surface area (Å²) in [4.78, 5) is 0. The Hall–Kier alpha value is -1.11. The van der Waals surface area contributed by atoms with Crippen LogP contribution in [0.1, 0.15) is 13.3 Å². The molecule has 0 saturated heterocycles. The van der Waals surface area contributed by atoms with Crippen LogP contribution in [-0.2, 0) is 4.74 Å².